The fourth-order valence-corrected chi connectivity index (χ4v) is 2.38. The number of carbonyl (C=O) groups is 1. The summed E-state index contributed by atoms with van der Waals surface area (Å²) in [5, 5.41) is 10.3. The van der Waals surface area contributed by atoms with Gasteiger partial charge in [-0.25, -0.2) is 9.18 Å². The first-order valence-electron chi connectivity index (χ1n) is 6.53. The summed E-state index contributed by atoms with van der Waals surface area (Å²) >= 11 is 0. The lowest BCUT2D eigenvalue weighted by molar-refractivity contribution is 0.246. The Morgan fingerprint density at radius 1 is 1.50 bits per heavy atom. The van der Waals surface area contributed by atoms with Gasteiger partial charge in [0, 0.05) is 24.0 Å². The second-order valence-corrected chi connectivity index (χ2v) is 4.83. The summed E-state index contributed by atoms with van der Waals surface area (Å²) in [5.74, 6) is 0.177. The number of aryl methyl sites for hydroxylation is 1. The number of aromatic nitrogens is 2. The van der Waals surface area contributed by atoms with Crippen LogP contribution in [0.4, 0.5) is 15.0 Å². The first kappa shape index (κ1) is 12.7. The molecule has 0 atom stereocenters. The van der Waals surface area contributed by atoms with Crippen molar-refractivity contribution in [2.24, 2.45) is 0 Å². The van der Waals surface area contributed by atoms with E-state index in [9.17, 15) is 9.18 Å². The van der Waals surface area contributed by atoms with Crippen LogP contribution in [-0.2, 0) is 6.42 Å². The zero-order chi connectivity index (χ0) is 14.3. The van der Waals surface area contributed by atoms with Crippen LogP contribution in [0.1, 0.15) is 18.9 Å². The van der Waals surface area contributed by atoms with E-state index in [0.29, 0.717) is 41.9 Å². The van der Waals surface area contributed by atoms with Gasteiger partial charge in [-0.2, -0.15) is 5.10 Å². The number of hydrogen-bond acceptors (Lipinski definition) is 2. The Morgan fingerprint density at radius 2 is 2.30 bits per heavy atom. The molecule has 6 heteroatoms. The first-order chi connectivity index (χ1) is 9.60. The highest BCUT2D eigenvalue weighted by Gasteiger charge is 2.25. The molecular weight excluding hydrogens is 259 g/mol. The molecule has 20 heavy (non-hydrogen) atoms. The molecule has 1 aliphatic rings. The van der Waals surface area contributed by atoms with Crippen molar-refractivity contribution in [2.45, 2.75) is 19.8 Å². The van der Waals surface area contributed by atoms with E-state index in [-0.39, 0.29) is 11.8 Å². The van der Waals surface area contributed by atoms with E-state index < -0.39 is 0 Å². The molecule has 0 aliphatic carbocycles. The molecule has 0 unspecified atom stereocenters. The Morgan fingerprint density at radius 3 is 3.00 bits per heavy atom. The van der Waals surface area contributed by atoms with E-state index in [1.807, 2.05) is 6.92 Å². The number of amides is 2. The summed E-state index contributed by atoms with van der Waals surface area (Å²) in [4.78, 5) is 13.5. The van der Waals surface area contributed by atoms with Crippen LogP contribution in [0, 0.1) is 5.82 Å². The minimum atomic E-state index is -0.283. The van der Waals surface area contributed by atoms with Crippen LogP contribution in [0.25, 0.3) is 10.9 Å². The SMILES string of the molecule is C=C1CCN(c2n[nH]c3cc(CC)c(F)cc23)C(=O)N1. The van der Waals surface area contributed by atoms with Crippen LogP contribution < -0.4 is 10.2 Å². The van der Waals surface area contributed by atoms with Gasteiger partial charge in [-0.3, -0.25) is 10.00 Å². The third-order valence-corrected chi connectivity index (χ3v) is 3.51. The molecule has 1 aliphatic heterocycles. The quantitative estimate of drug-likeness (QED) is 0.884. The van der Waals surface area contributed by atoms with Crippen molar-refractivity contribution in [3.8, 4) is 0 Å². The summed E-state index contributed by atoms with van der Waals surface area (Å²) in [7, 11) is 0. The normalized spacial score (nSPS) is 15.8. The van der Waals surface area contributed by atoms with Crippen molar-refractivity contribution in [2.75, 3.05) is 11.4 Å². The number of H-pyrrole nitrogens is 1. The summed E-state index contributed by atoms with van der Waals surface area (Å²) in [5.41, 5.74) is 2.05. The van der Waals surface area contributed by atoms with Crippen molar-refractivity contribution in [1.29, 1.82) is 0 Å². The predicted molar refractivity (Wildman–Crippen MR) is 75.1 cm³/mol. The fourth-order valence-electron chi connectivity index (χ4n) is 2.38. The van der Waals surface area contributed by atoms with Crippen molar-refractivity contribution in [3.63, 3.8) is 0 Å². The van der Waals surface area contributed by atoms with Gasteiger partial charge < -0.3 is 5.32 Å². The van der Waals surface area contributed by atoms with Crippen LogP contribution in [0.3, 0.4) is 0 Å². The largest absolute Gasteiger partial charge is 0.327 e. The minimum Gasteiger partial charge on any atom is -0.312 e. The zero-order valence-electron chi connectivity index (χ0n) is 11.2. The Bertz CT molecular complexity index is 707. The standard InChI is InChI=1S/C14H15FN4O/c1-3-9-6-12-10(7-11(9)15)13(18-17-12)19-5-4-8(2)16-14(19)20/h6-7H,2-5H2,1H3,(H,16,20)(H,17,18). The molecule has 5 nitrogen and oxygen atoms in total. The van der Waals surface area contributed by atoms with E-state index >= 15 is 0 Å². The lowest BCUT2D eigenvalue weighted by Crippen LogP contribution is -2.45. The number of halogens is 1. The summed E-state index contributed by atoms with van der Waals surface area (Å²) in [6, 6.07) is 2.89. The number of benzene rings is 1. The molecule has 104 valence electrons. The van der Waals surface area contributed by atoms with Crippen molar-refractivity contribution < 1.29 is 9.18 Å². The lowest BCUT2D eigenvalue weighted by atomic mass is 10.1. The highest BCUT2D eigenvalue weighted by Crippen LogP contribution is 2.28. The van der Waals surface area contributed by atoms with Crippen LogP contribution in [0.5, 0.6) is 0 Å². The van der Waals surface area contributed by atoms with Gasteiger partial charge in [0.15, 0.2) is 5.82 Å². The molecule has 3 rings (SSSR count). The van der Waals surface area contributed by atoms with Crippen LogP contribution in [-0.4, -0.2) is 22.8 Å². The number of hydrogen-bond donors (Lipinski definition) is 2. The van der Waals surface area contributed by atoms with Gasteiger partial charge in [-0.1, -0.05) is 13.5 Å². The van der Waals surface area contributed by atoms with Crippen molar-refractivity contribution >= 4 is 22.8 Å². The molecule has 0 saturated carbocycles. The van der Waals surface area contributed by atoms with Crippen LogP contribution >= 0.6 is 0 Å². The maximum atomic E-state index is 13.9. The van der Waals surface area contributed by atoms with Gasteiger partial charge >= 0.3 is 6.03 Å². The minimum absolute atomic E-state index is 0.274. The second-order valence-electron chi connectivity index (χ2n) is 4.83. The molecule has 1 aromatic carbocycles. The molecule has 0 spiro atoms. The van der Waals surface area contributed by atoms with E-state index in [4.69, 9.17) is 0 Å². The number of aromatic amines is 1. The monoisotopic (exact) mass is 274 g/mol. The smallest absolute Gasteiger partial charge is 0.312 e. The van der Waals surface area contributed by atoms with Crippen molar-refractivity contribution in [1.82, 2.24) is 15.5 Å². The number of nitrogens with one attached hydrogen (secondary N) is 2. The third kappa shape index (κ3) is 1.93. The number of carbonyl (C=O) groups excluding carboxylic acids is 1. The molecule has 2 amide bonds. The van der Waals surface area contributed by atoms with Crippen LogP contribution in [0.15, 0.2) is 24.4 Å². The highest BCUT2D eigenvalue weighted by atomic mass is 19.1. The second kappa shape index (κ2) is 4.63. The van der Waals surface area contributed by atoms with E-state index in [1.165, 1.54) is 11.0 Å². The number of rotatable bonds is 2. The van der Waals surface area contributed by atoms with Gasteiger partial charge in [0.05, 0.1) is 5.52 Å². The predicted octanol–water partition coefficient (Wildman–Crippen LogP) is 2.70. The molecule has 1 saturated heterocycles. The van der Waals surface area contributed by atoms with E-state index in [2.05, 4.69) is 22.1 Å². The molecule has 1 fully saturated rings. The zero-order valence-corrected chi connectivity index (χ0v) is 11.2. The average molecular weight is 274 g/mol. The van der Waals surface area contributed by atoms with Crippen molar-refractivity contribution in [3.05, 3.63) is 35.8 Å². The Hall–Kier alpha value is -2.37. The molecule has 0 radical (unpaired) electrons. The molecule has 0 bridgehead atoms. The van der Waals surface area contributed by atoms with Gasteiger partial charge in [0.25, 0.3) is 0 Å². The topological polar surface area (TPSA) is 61.0 Å². The number of urea groups is 1. The molecule has 2 aromatic rings. The summed E-state index contributed by atoms with van der Waals surface area (Å²) in [6.07, 6.45) is 1.26. The van der Waals surface area contributed by atoms with Crippen LogP contribution in [0.2, 0.25) is 0 Å². The van der Waals surface area contributed by atoms with Gasteiger partial charge in [-0.05, 0) is 24.1 Å². The highest BCUT2D eigenvalue weighted by molar-refractivity contribution is 6.01. The molecular formula is C14H15FN4O. The third-order valence-electron chi connectivity index (χ3n) is 3.51. The Labute approximate surface area is 115 Å². The molecule has 1 aromatic heterocycles. The van der Waals surface area contributed by atoms with E-state index in [0.717, 1.165) is 5.52 Å². The van der Waals surface area contributed by atoms with E-state index in [1.54, 1.807) is 6.07 Å². The average Bonchev–Trinajstić information content (AvgIpc) is 2.80. The molecule has 2 heterocycles. The van der Waals surface area contributed by atoms with Gasteiger partial charge in [0.1, 0.15) is 5.82 Å². The van der Waals surface area contributed by atoms with Gasteiger partial charge in [-0.15, -0.1) is 0 Å². The summed E-state index contributed by atoms with van der Waals surface area (Å²) in [6.45, 7) is 6.11. The molecule has 2 N–H and O–H groups in total. The Kier molecular flexibility index (Phi) is 2.93. The number of fused-ring (bicyclic) bond motifs is 1. The number of anilines is 1. The first-order valence-corrected chi connectivity index (χ1v) is 6.53. The summed E-state index contributed by atoms with van der Waals surface area (Å²) < 4.78 is 13.9. The maximum Gasteiger partial charge on any atom is 0.327 e. The fraction of sp³-hybridized carbons (Fsp3) is 0.286. The Balaban J connectivity index is 2.06. The number of nitrogens with zero attached hydrogens (tertiary/aromatic N) is 2. The van der Waals surface area contributed by atoms with Gasteiger partial charge in [0.2, 0.25) is 0 Å². The lowest BCUT2D eigenvalue weighted by Gasteiger charge is -2.27. The maximum absolute atomic E-state index is 13.9.